The Kier molecular flexibility index (Phi) is 5.88. The number of nitrogens with two attached hydrogens (primary N) is 2. The smallest absolute Gasteiger partial charge is 0.255 e. The molecular formula is C15H22ClN3O3. The van der Waals surface area contributed by atoms with Gasteiger partial charge in [-0.25, -0.2) is 0 Å². The van der Waals surface area contributed by atoms with Crippen LogP contribution in [0, 0.1) is 5.92 Å². The SMILES string of the molecule is COc1cc(CN2CCC(CN)C2)cc(Cl)c1OCC(N)=O. The molecule has 1 saturated heterocycles. The first-order valence-corrected chi connectivity index (χ1v) is 7.61. The van der Waals surface area contributed by atoms with E-state index in [0.717, 1.165) is 38.2 Å². The summed E-state index contributed by atoms with van der Waals surface area (Å²) in [5, 5.41) is 0.408. The zero-order valence-electron chi connectivity index (χ0n) is 12.7. The zero-order valence-corrected chi connectivity index (χ0v) is 13.4. The Morgan fingerprint density at radius 1 is 1.50 bits per heavy atom. The standard InChI is InChI=1S/C15H22ClN3O3/c1-21-13-5-11(8-19-3-2-10(6-17)7-19)4-12(16)15(13)22-9-14(18)20/h4-5,10H,2-3,6-9,17H2,1H3,(H2,18,20). The highest BCUT2D eigenvalue weighted by atomic mass is 35.5. The van der Waals surface area contributed by atoms with Crippen LogP contribution in [0.25, 0.3) is 0 Å². The van der Waals surface area contributed by atoms with Crippen molar-refractivity contribution in [3.63, 3.8) is 0 Å². The molecule has 4 N–H and O–H groups in total. The van der Waals surface area contributed by atoms with Crippen LogP contribution in [0.2, 0.25) is 5.02 Å². The van der Waals surface area contributed by atoms with Gasteiger partial charge < -0.3 is 20.9 Å². The molecule has 0 radical (unpaired) electrons. The Labute approximate surface area is 135 Å². The Bertz CT molecular complexity index is 539. The molecule has 1 amide bonds. The molecule has 22 heavy (non-hydrogen) atoms. The van der Waals surface area contributed by atoms with E-state index >= 15 is 0 Å². The minimum Gasteiger partial charge on any atom is -0.493 e. The largest absolute Gasteiger partial charge is 0.493 e. The molecule has 1 aromatic carbocycles. The Morgan fingerprint density at radius 3 is 2.86 bits per heavy atom. The van der Waals surface area contributed by atoms with Crippen molar-refractivity contribution in [1.29, 1.82) is 0 Å². The number of benzene rings is 1. The second kappa shape index (κ2) is 7.67. The number of amides is 1. The Balaban J connectivity index is 2.10. The molecule has 0 aliphatic carbocycles. The van der Waals surface area contributed by atoms with Gasteiger partial charge in [-0.15, -0.1) is 0 Å². The van der Waals surface area contributed by atoms with Gasteiger partial charge in [-0.3, -0.25) is 9.69 Å². The lowest BCUT2D eigenvalue weighted by molar-refractivity contribution is -0.119. The third kappa shape index (κ3) is 4.25. The summed E-state index contributed by atoms with van der Waals surface area (Å²) in [7, 11) is 1.53. The van der Waals surface area contributed by atoms with Crippen LogP contribution in [0.5, 0.6) is 11.5 Å². The number of nitrogens with zero attached hydrogens (tertiary/aromatic N) is 1. The number of halogens is 1. The summed E-state index contributed by atoms with van der Waals surface area (Å²) in [6.45, 7) is 3.29. The van der Waals surface area contributed by atoms with Crippen molar-refractivity contribution in [3.05, 3.63) is 22.7 Å². The van der Waals surface area contributed by atoms with Gasteiger partial charge in [0.15, 0.2) is 18.1 Å². The molecule has 6 nitrogen and oxygen atoms in total. The molecule has 0 spiro atoms. The second-order valence-corrected chi connectivity index (χ2v) is 5.90. The van der Waals surface area contributed by atoms with Crippen molar-refractivity contribution in [2.24, 2.45) is 17.4 Å². The van der Waals surface area contributed by atoms with E-state index in [1.165, 1.54) is 7.11 Å². The van der Waals surface area contributed by atoms with Crippen LogP contribution in [0.1, 0.15) is 12.0 Å². The van der Waals surface area contributed by atoms with E-state index in [0.29, 0.717) is 22.4 Å². The molecule has 0 saturated carbocycles. The maximum Gasteiger partial charge on any atom is 0.255 e. The molecule has 1 aliphatic rings. The van der Waals surface area contributed by atoms with E-state index in [2.05, 4.69) is 4.90 Å². The van der Waals surface area contributed by atoms with Gasteiger partial charge in [0.2, 0.25) is 0 Å². The first-order chi connectivity index (χ1) is 10.5. The number of carbonyl (C=O) groups excluding carboxylic acids is 1. The highest BCUT2D eigenvalue weighted by Gasteiger charge is 2.22. The van der Waals surface area contributed by atoms with E-state index < -0.39 is 5.91 Å². The molecular weight excluding hydrogens is 306 g/mol. The summed E-state index contributed by atoms with van der Waals surface area (Å²) in [6.07, 6.45) is 1.13. The van der Waals surface area contributed by atoms with Crippen LogP contribution < -0.4 is 20.9 Å². The molecule has 1 aliphatic heterocycles. The molecule has 1 fully saturated rings. The fourth-order valence-electron chi connectivity index (χ4n) is 2.65. The summed E-state index contributed by atoms with van der Waals surface area (Å²) in [5.74, 6) is 0.842. The van der Waals surface area contributed by atoms with Crippen LogP contribution in [0.3, 0.4) is 0 Å². The lowest BCUT2D eigenvalue weighted by Crippen LogP contribution is -2.23. The van der Waals surface area contributed by atoms with E-state index in [-0.39, 0.29) is 6.61 Å². The number of primary amides is 1. The molecule has 1 heterocycles. The summed E-state index contributed by atoms with van der Waals surface area (Å²) < 4.78 is 10.6. The van der Waals surface area contributed by atoms with Gasteiger partial charge in [-0.05, 0) is 43.1 Å². The van der Waals surface area contributed by atoms with Crippen LogP contribution in [0.4, 0.5) is 0 Å². The Morgan fingerprint density at radius 2 is 2.27 bits per heavy atom. The number of ether oxygens (including phenoxy) is 2. The van der Waals surface area contributed by atoms with Gasteiger partial charge in [0, 0.05) is 13.1 Å². The topological polar surface area (TPSA) is 90.8 Å². The predicted molar refractivity (Wildman–Crippen MR) is 85.1 cm³/mol. The molecule has 0 bridgehead atoms. The average molecular weight is 328 g/mol. The first-order valence-electron chi connectivity index (χ1n) is 7.23. The van der Waals surface area contributed by atoms with Gasteiger partial charge in [-0.1, -0.05) is 11.6 Å². The van der Waals surface area contributed by atoms with Crippen molar-refractivity contribution in [2.45, 2.75) is 13.0 Å². The normalized spacial score (nSPS) is 18.4. The molecule has 0 aromatic heterocycles. The number of carbonyl (C=O) groups is 1. The second-order valence-electron chi connectivity index (χ2n) is 5.49. The average Bonchev–Trinajstić information content (AvgIpc) is 2.93. The van der Waals surface area contributed by atoms with E-state index in [1.807, 2.05) is 12.1 Å². The Hall–Kier alpha value is -1.50. The molecule has 1 unspecified atom stereocenters. The lowest BCUT2D eigenvalue weighted by atomic mass is 10.1. The third-order valence-electron chi connectivity index (χ3n) is 3.76. The third-order valence-corrected chi connectivity index (χ3v) is 4.04. The number of hydrogen-bond acceptors (Lipinski definition) is 5. The fraction of sp³-hybridized carbons (Fsp3) is 0.533. The number of hydrogen-bond donors (Lipinski definition) is 2. The van der Waals surface area contributed by atoms with Crippen molar-refractivity contribution in [3.8, 4) is 11.5 Å². The van der Waals surface area contributed by atoms with Crippen molar-refractivity contribution in [1.82, 2.24) is 4.90 Å². The zero-order chi connectivity index (χ0) is 16.1. The van der Waals surface area contributed by atoms with Gasteiger partial charge in [0.05, 0.1) is 12.1 Å². The number of rotatable bonds is 7. The van der Waals surface area contributed by atoms with Crippen LogP contribution in [-0.4, -0.2) is 44.2 Å². The molecule has 1 aromatic rings. The van der Waals surface area contributed by atoms with E-state index in [1.54, 1.807) is 0 Å². The quantitative estimate of drug-likeness (QED) is 0.779. The van der Waals surface area contributed by atoms with Crippen LogP contribution in [-0.2, 0) is 11.3 Å². The minimum absolute atomic E-state index is 0.236. The summed E-state index contributed by atoms with van der Waals surface area (Å²) in [6, 6.07) is 3.70. The van der Waals surface area contributed by atoms with Crippen molar-refractivity contribution < 1.29 is 14.3 Å². The lowest BCUT2D eigenvalue weighted by Gasteiger charge is -2.18. The van der Waals surface area contributed by atoms with Gasteiger partial charge in [-0.2, -0.15) is 0 Å². The van der Waals surface area contributed by atoms with Gasteiger partial charge >= 0.3 is 0 Å². The van der Waals surface area contributed by atoms with Crippen LogP contribution in [0.15, 0.2) is 12.1 Å². The monoisotopic (exact) mass is 327 g/mol. The summed E-state index contributed by atoms with van der Waals surface area (Å²) >= 11 is 6.24. The molecule has 122 valence electrons. The van der Waals surface area contributed by atoms with Crippen molar-refractivity contribution in [2.75, 3.05) is 33.4 Å². The molecule has 1 atom stereocenters. The predicted octanol–water partition coefficient (Wildman–Crippen LogP) is 0.993. The maximum absolute atomic E-state index is 10.8. The molecule has 2 rings (SSSR count). The van der Waals surface area contributed by atoms with Crippen molar-refractivity contribution >= 4 is 17.5 Å². The number of likely N-dealkylation sites (tertiary alicyclic amines) is 1. The van der Waals surface area contributed by atoms with Gasteiger partial charge in [0.1, 0.15) is 0 Å². The first kappa shape index (κ1) is 16.9. The van der Waals surface area contributed by atoms with E-state index in [4.69, 9.17) is 32.5 Å². The highest BCUT2D eigenvalue weighted by Crippen LogP contribution is 2.37. The molecule has 7 heteroatoms. The summed E-state index contributed by atoms with van der Waals surface area (Å²) in [4.78, 5) is 13.2. The van der Waals surface area contributed by atoms with E-state index in [9.17, 15) is 4.79 Å². The fourth-order valence-corrected chi connectivity index (χ4v) is 2.94. The number of methoxy groups -OCH3 is 1. The maximum atomic E-state index is 10.8. The van der Waals surface area contributed by atoms with Crippen LogP contribution >= 0.6 is 11.6 Å². The summed E-state index contributed by atoms with van der Waals surface area (Å²) in [5.41, 5.74) is 11.8. The van der Waals surface area contributed by atoms with Gasteiger partial charge in [0.25, 0.3) is 5.91 Å². The highest BCUT2D eigenvalue weighted by molar-refractivity contribution is 6.32. The minimum atomic E-state index is -0.563.